The first-order valence-electron chi connectivity index (χ1n) is 5.40. The van der Waals surface area contributed by atoms with E-state index in [-0.39, 0.29) is 5.41 Å². The second kappa shape index (κ2) is 4.65. The van der Waals surface area contributed by atoms with Crippen LogP contribution in [0.3, 0.4) is 0 Å². The van der Waals surface area contributed by atoms with Gasteiger partial charge in [-0.2, -0.15) is 0 Å². The third-order valence-corrected chi connectivity index (χ3v) is 4.13. The fraction of sp³-hybridized carbons (Fsp3) is 1.00. The summed E-state index contributed by atoms with van der Waals surface area (Å²) < 4.78 is 5.81. The zero-order valence-corrected chi connectivity index (χ0v) is 9.73. The lowest BCUT2D eigenvalue weighted by atomic mass is 9.65. The van der Waals surface area contributed by atoms with Crippen LogP contribution in [0.5, 0.6) is 0 Å². The van der Waals surface area contributed by atoms with Gasteiger partial charge >= 0.3 is 0 Å². The van der Waals surface area contributed by atoms with Crippen molar-refractivity contribution in [2.75, 3.05) is 6.61 Å². The van der Waals surface area contributed by atoms with Crippen molar-refractivity contribution in [2.45, 2.75) is 57.9 Å². The van der Waals surface area contributed by atoms with Crippen molar-refractivity contribution in [1.82, 2.24) is 0 Å². The number of hydrogen-bond donors (Lipinski definition) is 0. The Hall–Kier alpha value is 0.250. The number of ether oxygens (including phenoxy) is 1. The van der Waals surface area contributed by atoms with Crippen molar-refractivity contribution in [1.29, 1.82) is 0 Å². The number of unbranched alkanes of at least 4 members (excludes halogenated alkanes) is 1. The fourth-order valence-electron chi connectivity index (χ4n) is 1.85. The summed E-state index contributed by atoms with van der Waals surface area (Å²) in [5.74, 6) is 0. The third-order valence-electron chi connectivity index (χ3n) is 3.45. The Morgan fingerprint density at radius 2 is 2.15 bits per heavy atom. The molecular formula is C11H21ClO. The second-order valence-corrected chi connectivity index (χ2v) is 4.80. The molecule has 78 valence electrons. The van der Waals surface area contributed by atoms with Crippen LogP contribution in [0.4, 0.5) is 0 Å². The lowest BCUT2D eigenvalue weighted by molar-refractivity contribution is -0.100. The predicted molar refractivity (Wildman–Crippen MR) is 57.3 cm³/mol. The van der Waals surface area contributed by atoms with E-state index in [0.717, 1.165) is 19.4 Å². The second-order valence-electron chi connectivity index (χ2n) is 4.28. The van der Waals surface area contributed by atoms with Crippen LogP contribution in [0.25, 0.3) is 0 Å². The zero-order valence-electron chi connectivity index (χ0n) is 8.98. The van der Waals surface area contributed by atoms with Crippen molar-refractivity contribution in [2.24, 2.45) is 5.41 Å². The van der Waals surface area contributed by atoms with E-state index < -0.39 is 0 Å². The molecule has 0 heterocycles. The Balaban J connectivity index is 2.28. The number of hydrogen-bond acceptors (Lipinski definition) is 1. The van der Waals surface area contributed by atoms with Crippen LogP contribution in [-0.4, -0.2) is 18.1 Å². The van der Waals surface area contributed by atoms with Gasteiger partial charge in [-0.3, -0.25) is 0 Å². The molecule has 0 aliphatic heterocycles. The molecule has 1 saturated carbocycles. The minimum absolute atomic E-state index is 0.231. The highest BCUT2D eigenvalue weighted by molar-refractivity contribution is 6.21. The fourth-order valence-corrected chi connectivity index (χ4v) is 2.30. The van der Waals surface area contributed by atoms with Crippen molar-refractivity contribution in [3.8, 4) is 0 Å². The van der Waals surface area contributed by atoms with Crippen molar-refractivity contribution in [3.63, 3.8) is 0 Å². The van der Waals surface area contributed by atoms with E-state index in [4.69, 9.17) is 16.3 Å². The molecule has 1 aliphatic rings. The smallest absolute Gasteiger partial charge is 0.0656 e. The van der Waals surface area contributed by atoms with Crippen LogP contribution in [-0.2, 0) is 4.74 Å². The minimum atomic E-state index is 0.231. The first-order chi connectivity index (χ1) is 6.15. The molecule has 0 amide bonds. The summed E-state index contributed by atoms with van der Waals surface area (Å²) in [4.78, 5) is 0. The third kappa shape index (κ3) is 2.19. The van der Waals surface area contributed by atoms with Gasteiger partial charge in [0, 0.05) is 17.4 Å². The Morgan fingerprint density at radius 1 is 1.46 bits per heavy atom. The molecule has 0 aromatic rings. The van der Waals surface area contributed by atoms with Gasteiger partial charge in [0.1, 0.15) is 0 Å². The molecule has 1 rings (SSSR count). The average molecular weight is 205 g/mol. The quantitative estimate of drug-likeness (QED) is 0.491. The molecule has 0 N–H and O–H groups in total. The number of rotatable bonds is 5. The number of halogens is 1. The molecule has 0 saturated heterocycles. The lowest BCUT2D eigenvalue weighted by Gasteiger charge is -2.50. The van der Waals surface area contributed by atoms with E-state index in [9.17, 15) is 0 Å². The highest BCUT2D eigenvalue weighted by Crippen LogP contribution is 2.49. The van der Waals surface area contributed by atoms with Gasteiger partial charge in [-0.25, -0.2) is 0 Å². The van der Waals surface area contributed by atoms with Crippen LogP contribution in [0.1, 0.15) is 46.5 Å². The topological polar surface area (TPSA) is 9.23 Å². The van der Waals surface area contributed by atoms with E-state index in [0.29, 0.717) is 11.5 Å². The largest absolute Gasteiger partial charge is 0.378 e. The molecule has 0 aromatic heterocycles. The molecule has 13 heavy (non-hydrogen) atoms. The van der Waals surface area contributed by atoms with Gasteiger partial charge in [-0.1, -0.05) is 27.2 Å². The van der Waals surface area contributed by atoms with E-state index in [1.807, 2.05) is 0 Å². The van der Waals surface area contributed by atoms with Crippen LogP contribution in [0.2, 0.25) is 0 Å². The van der Waals surface area contributed by atoms with Crippen LogP contribution in [0.15, 0.2) is 0 Å². The monoisotopic (exact) mass is 204 g/mol. The summed E-state index contributed by atoms with van der Waals surface area (Å²) in [5, 5.41) is 0.323. The molecule has 0 radical (unpaired) electrons. The molecule has 1 nitrogen and oxygen atoms in total. The summed E-state index contributed by atoms with van der Waals surface area (Å²) in [6, 6.07) is 0. The van der Waals surface area contributed by atoms with Gasteiger partial charge in [0.2, 0.25) is 0 Å². The maximum Gasteiger partial charge on any atom is 0.0656 e. The zero-order chi connectivity index (χ0) is 9.90. The molecule has 3 atom stereocenters. The normalized spacial score (nSPS) is 38.8. The molecule has 0 spiro atoms. The Kier molecular flexibility index (Phi) is 4.06. The highest BCUT2D eigenvalue weighted by atomic mass is 35.5. The summed E-state index contributed by atoms with van der Waals surface area (Å²) >= 11 is 6.18. The first kappa shape index (κ1) is 11.3. The van der Waals surface area contributed by atoms with Gasteiger partial charge < -0.3 is 4.74 Å². The molecule has 3 unspecified atom stereocenters. The maximum absolute atomic E-state index is 6.18. The van der Waals surface area contributed by atoms with E-state index in [1.165, 1.54) is 12.8 Å². The van der Waals surface area contributed by atoms with Crippen molar-refractivity contribution < 1.29 is 4.74 Å². The average Bonchev–Trinajstić information content (AvgIpc) is 2.15. The van der Waals surface area contributed by atoms with E-state index in [1.54, 1.807) is 0 Å². The van der Waals surface area contributed by atoms with Gasteiger partial charge in [0.05, 0.1) is 6.10 Å². The van der Waals surface area contributed by atoms with Crippen LogP contribution in [0, 0.1) is 5.41 Å². The van der Waals surface area contributed by atoms with E-state index >= 15 is 0 Å². The Labute approximate surface area is 86.8 Å². The molecule has 0 bridgehead atoms. The molecule has 1 fully saturated rings. The molecular weight excluding hydrogens is 184 g/mol. The molecule has 0 aromatic carbocycles. The summed E-state index contributed by atoms with van der Waals surface area (Å²) in [6.45, 7) is 7.53. The van der Waals surface area contributed by atoms with Crippen molar-refractivity contribution >= 4 is 11.6 Å². The minimum Gasteiger partial charge on any atom is -0.378 e. The molecule has 1 aliphatic carbocycles. The van der Waals surface area contributed by atoms with Gasteiger partial charge in [0.15, 0.2) is 0 Å². The van der Waals surface area contributed by atoms with Gasteiger partial charge in [-0.05, 0) is 19.3 Å². The van der Waals surface area contributed by atoms with Crippen LogP contribution < -0.4 is 0 Å². The Morgan fingerprint density at radius 3 is 2.62 bits per heavy atom. The SMILES string of the molecule is CCCCOC1CC(Cl)C1(C)CC. The van der Waals surface area contributed by atoms with E-state index in [2.05, 4.69) is 20.8 Å². The first-order valence-corrected chi connectivity index (χ1v) is 5.84. The van der Waals surface area contributed by atoms with Gasteiger partial charge in [-0.15, -0.1) is 11.6 Å². The van der Waals surface area contributed by atoms with Crippen LogP contribution >= 0.6 is 11.6 Å². The van der Waals surface area contributed by atoms with Crippen molar-refractivity contribution in [3.05, 3.63) is 0 Å². The summed E-state index contributed by atoms with van der Waals surface area (Å²) in [6.07, 6.45) is 4.95. The lowest BCUT2D eigenvalue weighted by Crippen LogP contribution is -2.53. The standard InChI is InChI=1S/C11H21ClO/c1-4-6-7-13-10-8-9(12)11(10,3)5-2/h9-10H,4-8H2,1-3H3. The highest BCUT2D eigenvalue weighted by Gasteiger charge is 2.50. The maximum atomic E-state index is 6.18. The molecule has 2 heteroatoms. The van der Waals surface area contributed by atoms with Gasteiger partial charge in [0.25, 0.3) is 0 Å². The summed E-state index contributed by atoms with van der Waals surface area (Å²) in [5.41, 5.74) is 0.231. The summed E-state index contributed by atoms with van der Waals surface area (Å²) in [7, 11) is 0. The number of alkyl halides is 1. The predicted octanol–water partition coefficient (Wildman–Crippen LogP) is 3.60. The Bertz CT molecular complexity index is 160.